The smallest absolute Gasteiger partial charge is 0.191 e. The number of hydrogen-bond acceptors (Lipinski definition) is 5. The predicted octanol–water partition coefficient (Wildman–Crippen LogP) is 2.90. The second kappa shape index (κ2) is 10.1. The molecule has 4 rings (SSSR count). The number of nitrogens with one attached hydrogen (secondary N) is 3. The second-order valence-corrected chi connectivity index (χ2v) is 7.77. The quantitative estimate of drug-likeness (QED) is 0.421. The average molecular weight is 419 g/mol. The maximum atomic E-state index is 4.81. The fourth-order valence-corrected chi connectivity index (χ4v) is 3.80. The molecule has 3 N–H and O–H groups in total. The number of H-pyrrole nitrogens is 1. The molecule has 1 aliphatic heterocycles. The third-order valence-electron chi connectivity index (χ3n) is 5.41. The number of rotatable bonds is 6. The Balaban J connectivity index is 1.35. The van der Waals surface area contributed by atoms with E-state index in [4.69, 9.17) is 4.99 Å². The molecular formula is C23H30N8. The third kappa shape index (κ3) is 5.59. The van der Waals surface area contributed by atoms with Crippen LogP contribution in [-0.4, -0.2) is 51.8 Å². The van der Waals surface area contributed by atoms with Crippen molar-refractivity contribution in [2.45, 2.75) is 39.3 Å². The van der Waals surface area contributed by atoms with Gasteiger partial charge < -0.3 is 15.5 Å². The summed E-state index contributed by atoms with van der Waals surface area (Å²) in [5.41, 5.74) is 3.21. The molecule has 2 aromatic heterocycles. The van der Waals surface area contributed by atoms with Crippen molar-refractivity contribution in [3.8, 4) is 11.4 Å². The highest BCUT2D eigenvalue weighted by Crippen LogP contribution is 2.19. The van der Waals surface area contributed by atoms with Crippen molar-refractivity contribution in [3.05, 3.63) is 60.0 Å². The van der Waals surface area contributed by atoms with Gasteiger partial charge in [-0.1, -0.05) is 24.3 Å². The van der Waals surface area contributed by atoms with Crippen molar-refractivity contribution in [1.29, 1.82) is 0 Å². The van der Waals surface area contributed by atoms with Crippen LogP contribution in [0.2, 0.25) is 0 Å². The van der Waals surface area contributed by atoms with E-state index in [0.29, 0.717) is 12.6 Å². The predicted molar refractivity (Wildman–Crippen MR) is 124 cm³/mol. The summed E-state index contributed by atoms with van der Waals surface area (Å²) in [4.78, 5) is 16.1. The summed E-state index contributed by atoms with van der Waals surface area (Å²) in [6, 6.07) is 14.8. The molecule has 3 heterocycles. The van der Waals surface area contributed by atoms with Gasteiger partial charge in [0, 0.05) is 36.9 Å². The molecule has 0 atom stereocenters. The minimum Gasteiger partial charge on any atom is -0.357 e. The van der Waals surface area contributed by atoms with Crippen LogP contribution in [0.1, 0.15) is 31.0 Å². The van der Waals surface area contributed by atoms with Crippen LogP contribution in [0.25, 0.3) is 11.4 Å². The summed E-state index contributed by atoms with van der Waals surface area (Å²) >= 11 is 0. The number of nitrogens with zero attached hydrogens (tertiary/aromatic N) is 5. The lowest BCUT2D eigenvalue weighted by Crippen LogP contribution is -2.48. The number of guanidine groups is 1. The average Bonchev–Trinajstić information content (AvgIpc) is 3.33. The Labute approximate surface area is 183 Å². The summed E-state index contributed by atoms with van der Waals surface area (Å²) in [6.45, 7) is 7.55. The van der Waals surface area contributed by atoms with Crippen LogP contribution >= 0.6 is 0 Å². The lowest BCUT2D eigenvalue weighted by atomic mass is 10.1. The molecule has 0 unspecified atom stereocenters. The van der Waals surface area contributed by atoms with E-state index >= 15 is 0 Å². The fourth-order valence-electron chi connectivity index (χ4n) is 3.80. The summed E-state index contributed by atoms with van der Waals surface area (Å²) in [5.74, 6) is 2.70. The first-order valence-corrected chi connectivity index (χ1v) is 10.9. The van der Waals surface area contributed by atoms with Crippen LogP contribution in [-0.2, 0) is 6.54 Å². The molecule has 0 radical (unpaired) electrons. The van der Waals surface area contributed by atoms with Crippen LogP contribution in [0.4, 0.5) is 5.82 Å². The zero-order valence-corrected chi connectivity index (χ0v) is 18.2. The molecule has 0 bridgehead atoms. The number of hydrogen-bond donors (Lipinski definition) is 3. The van der Waals surface area contributed by atoms with Crippen molar-refractivity contribution in [3.63, 3.8) is 0 Å². The van der Waals surface area contributed by atoms with Gasteiger partial charge >= 0.3 is 0 Å². The lowest BCUT2D eigenvalue weighted by Gasteiger charge is -2.34. The Kier molecular flexibility index (Phi) is 6.76. The zero-order valence-electron chi connectivity index (χ0n) is 18.2. The molecular weight excluding hydrogens is 388 g/mol. The van der Waals surface area contributed by atoms with E-state index in [1.54, 1.807) is 0 Å². The van der Waals surface area contributed by atoms with E-state index in [-0.39, 0.29) is 0 Å². The van der Waals surface area contributed by atoms with Crippen molar-refractivity contribution in [2.75, 3.05) is 24.5 Å². The number of benzene rings is 1. The monoisotopic (exact) mass is 418 g/mol. The molecule has 8 heteroatoms. The van der Waals surface area contributed by atoms with Crippen molar-refractivity contribution < 1.29 is 0 Å². The topological polar surface area (TPSA) is 94.1 Å². The maximum Gasteiger partial charge on any atom is 0.191 e. The lowest BCUT2D eigenvalue weighted by molar-refractivity contribution is 0.459. The number of aromatic amines is 1. The van der Waals surface area contributed by atoms with E-state index in [9.17, 15) is 0 Å². The highest BCUT2D eigenvalue weighted by Gasteiger charge is 2.21. The summed E-state index contributed by atoms with van der Waals surface area (Å²) in [5, 5.41) is 13.8. The Morgan fingerprint density at radius 2 is 2.03 bits per heavy atom. The number of anilines is 1. The van der Waals surface area contributed by atoms with E-state index in [0.717, 1.165) is 66.9 Å². The molecule has 1 aliphatic rings. The van der Waals surface area contributed by atoms with Crippen LogP contribution in [0, 0.1) is 6.92 Å². The summed E-state index contributed by atoms with van der Waals surface area (Å²) < 4.78 is 0. The van der Waals surface area contributed by atoms with Gasteiger partial charge in [-0.3, -0.25) is 5.10 Å². The maximum absolute atomic E-state index is 4.81. The number of piperidine rings is 1. The largest absolute Gasteiger partial charge is 0.357 e. The van der Waals surface area contributed by atoms with Crippen molar-refractivity contribution >= 4 is 11.8 Å². The third-order valence-corrected chi connectivity index (χ3v) is 5.41. The van der Waals surface area contributed by atoms with Gasteiger partial charge in [-0.2, -0.15) is 5.10 Å². The van der Waals surface area contributed by atoms with Crippen molar-refractivity contribution in [2.24, 2.45) is 4.99 Å². The Bertz CT molecular complexity index is 990. The van der Waals surface area contributed by atoms with E-state index in [1.807, 2.05) is 25.1 Å². The van der Waals surface area contributed by atoms with Gasteiger partial charge in [0.25, 0.3) is 0 Å². The van der Waals surface area contributed by atoms with Crippen molar-refractivity contribution in [1.82, 2.24) is 30.8 Å². The molecule has 0 aliphatic carbocycles. The first kappa shape index (κ1) is 20.8. The second-order valence-electron chi connectivity index (χ2n) is 7.77. The van der Waals surface area contributed by atoms with Crippen LogP contribution in [0.15, 0.2) is 53.8 Å². The number of aliphatic imine (C=N–C) groups is 1. The molecule has 1 saturated heterocycles. The van der Waals surface area contributed by atoms with Gasteiger partial charge in [-0.15, -0.1) is 0 Å². The first-order chi connectivity index (χ1) is 15.2. The molecule has 0 saturated carbocycles. The summed E-state index contributed by atoms with van der Waals surface area (Å²) in [7, 11) is 0. The van der Waals surface area contributed by atoms with E-state index in [2.05, 4.69) is 66.9 Å². The van der Waals surface area contributed by atoms with Gasteiger partial charge in [-0.25, -0.2) is 15.0 Å². The van der Waals surface area contributed by atoms with Gasteiger partial charge in [-0.05, 0) is 50.5 Å². The SMILES string of the molecule is CCNC(=NCc1cccc(-c2ncn[nH]2)c1)NC1CCN(c2cccc(C)n2)CC1. The molecule has 1 aromatic carbocycles. The molecule has 1 fully saturated rings. The van der Waals surface area contributed by atoms with Gasteiger partial charge in [0.05, 0.1) is 6.54 Å². The first-order valence-electron chi connectivity index (χ1n) is 10.9. The van der Waals surface area contributed by atoms with E-state index < -0.39 is 0 Å². The minimum absolute atomic E-state index is 0.402. The number of aryl methyl sites for hydroxylation is 1. The highest BCUT2D eigenvalue weighted by molar-refractivity contribution is 5.80. The normalized spacial score (nSPS) is 15.2. The zero-order chi connectivity index (χ0) is 21.5. The molecule has 162 valence electrons. The van der Waals surface area contributed by atoms with Gasteiger partial charge in [0.1, 0.15) is 12.1 Å². The minimum atomic E-state index is 0.402. The molecule has 3 aromatic rings. The van der Waals surface area contributed by atoms with Gasteiger partial charge in [0.15, 0.2) is 11.8 Å². The molecule has 0 spiro atoms. The number of aromatic nitrogens is 4. The Morgan fingerprint density at radius 1 is 1.19 bits per heavy atom. The standard InChI is InChI=1S/C23H30N8/c1-3-24-23(25-15-18-7-5-8-19(14-18)22-26-16-27-30-22)29-20-10-12-31(13-11-20)21-9-4-6-17(2)28-21/h4-9,14,16,20H,3,10-13,15H2,1-2H3,(H2,24,25,29)(H,26,27,30). The Morgan fingerprint density at radius 3 is 2.77 bits per heavy atom. The van der Waals surface area contributed by atoms with Gasteiger partial charge in [0.2, 0.25) is 0 Å². The number of pyridine rings is 1. The summed E-state index contributed by atoms with van der Waals surface area (Å²) in [6.07, 6.45) is 3.63. The van der Waals surface area contributed by atoms with E-state index in [1.165, 1.54) is 6.33 Å². The highest BCUT2D eigenvalue weighted by atomic mass is 15.2. The Hall–Kier alpha value is -3.42. The van der Waals surface area contributed by atoms with Crippen LogP contribution in [0.5, 0.6) is 0 Å². The molecule has 31 heavy (non-hydrogen) atoms. The molecule has 8 nitrogen and oxygen atoms in total. The molecule has 0 amide bonds. The fraction of sp³-hybridized carbons (Fsp3) is 0.391. The van der Waals surface area contributed by atoms with Crippen LogP contribution < -0.4 is 15.5 Å². The van der Waals surface area contributed by atoms with Crippen LogP contribution in [0.3, 0.4) is 0 Å².